The summed E-state index contributed by atoms with van der Waals surface area (Å²) < 4.78 is 5.65. The van der Waals surface area contributed by atoms with Gasteiger partial charge in [-0.25, -0.2) is 0 Å². The number of aryl methyl sites for hydroxylation is 2. The maximum Gasteiger partial charge on any atom is 0.220 e. The molecule has 1 amide bonds. The van der Waals surface area contributed by atoms with Crippen LogP contribution in [0, 0.1) is 12.8 Å². The van der Waals surface area contributed by atoms with Crippen molar-refractivity contribution in [2.75, 3.05) is 19.6 Å². The summed E-state index contributed by atoms with van der Waals surface area (Å²) >= 11 is 0. The molecule has 0 atom stereocenters. The van der Waals surface area contributed by atoms with Crippen LogP contribution in [0.1, 0.15) is 36.3 Å². The van der Waals surface area contributed by atoms with Crippen LogP contribution < -0.4 is 5.32 Å². The smallest absolute Gasteiger partial charge is 0.220 e. The van der Waals surface area contributed by atoms with Crippen LogP contribution in [0.2, 0.25) is 0 Å². The Morgan fingerprint density at radius 3 is 2.84 bits per heavy atom. The third-order valence-corrected chi connectivity index (χ3v) is 4.83. The van der Waals surface area contributed by atoms with Crippen molar-refractivity contribution in [2.45, 2.75) is 39.2 Å². The third kappa shape index (κ3) is 5.71. The number of hydrogen-bond donors (Lipinski definition) is 1. The summed E-state index contributed by atoms with van der Waals surface area (Å²) in [5.74, 6) is 2.73. The van der Waals surface area contributed by atoms with Gasteiger partial charge in [0.15, 0.2) is 0 Å². The van der Waals surface area contributed by atoms with Crippen molar-refractivity contribution < 1.29 is 9.21 Å². The second kappa shape index (κ2) is 8.81. The Bertz CT molecular complexity index is 661. The highest BCUT2D eigenvalue weighted by Crippen LogP contribution is 2.19. The summed E-state index contributed by atoms with van der Waals surface area (Å²) in [7, 11) is 0. The Labute approximate surface area is 149 Å². The minimum Gasteiger partial charge on any atom is -0.465 e. The molecule has 3 rings (SSSR count). The van der Waals surface area contributed by atoms with E-state index in [1.807, 2.05) is 31.3 Å². The number of hydrogen-bond acceptors (Lipinski definition) is 4. The molecule has 0 bridgehead atoms. The summed E-state index contributed by atoms with van der Waals surface area (Å²) in [6, 6.07) is 7.99. The molecular weight excluding hydrogens is 314 g/mol. The molecule has 0 unspecified atom stereocenters. The zero-order valence-electron chi connectivity index (χ0n) is 14.9. The predicted molar refractivity (Wildman–Crippen MR) is 97.0 cm³/mol. The molecule has 1 N–H and O–H groups in total. The Kier molecular flexibility index (Phi) is 6.23. The topological polar surface area (TPSA) is 58.4 Å². The van der Waals surface area contributed by atoms with Crippen LogP contribution in [0.4, 0.5) is 0 Å². The second-order valence-electron chi connectivity index (χ2n) is 6.90. The first-order valence-corrected chi connectivity index (χ1v) is 9.12. The van der Waals surface area contributed by atoms with Crippen molar-refractivity contribution in [3.05, 3.63) is 53.7 Å². The summed E-state index contributed by atoms with van der Waals surface area (Å²) in [6.45, 7) is 5.79. The lowest BCUT2D eigenvalue weighted by Gasteiger charge is -2.31. The van der Waals surface area contributed by atoms with Gasteiger partial charge in [-0.3, -0.25) is 14.7 Å². The number of piperidine rings is 1. The van der Waals surface area contributed by atoms with Gasteiger partial charge in [0.05, 0.1) is 6.54 Å². The van der Waals surface area contributed by atoms with Gasteiger partial charge in [0.2, 0.25) is 5.91 Å². The van der Waals surface area contributed by atoms with E-state index < -0.39 is 0 Å². The quantitative estimate of drug-likeness (QED) is 0.841. The zero-order valence-corrected chi connectivity index (χ0v) is 14.9. The van der Waals surface area contributed by atoms with E-state index in [1.54, 1.807) is 6.20 Å². The van der Waals surface area contributed by atoms with E-state index >= 15 is 0 Å². The number of carbonyl (C=O) groups excluding carboxylic acids is 1. The van der Waals surface area contributed by atoms with Crippen LogP contribution in [-0.4, -0.2) is 35.4 Å². The summed E-state index contributed by atoms with van der Waals surface area (Å²) in [5.41, 5.74) is 1.11. The van der Waals surface area contributed by atoms with Crippen LogP contribution in [0.3, 0.4) is 0 Å². The standard InChI is InChI=1S/C20H27N3O2/c1-16-4-6-19(25-16)15-23-11-8-18(9-12-23)14-22-20(24)7-5-17-3-2-10-21-13-17/h2-4,6,10,13,18H,5,7-9,11-12,14-15H2,1H3,(H,22,24). The lowest BCUT2D eigenvalue weighted by molar-refractivity contribution is -0.121. The van der Waals surface area contributed by atoms with Gasteiger partial charge in [0.1, 0.15) is 11.5 Å². The molecule has 0 aromatic carbocycles. The van der Waals surface area contributed by atoms with E-state index in [2.05, 4.69) is 21.3 Å². The van der Waals surface area contributed by atoms with Gasteiger partial charge in [-0.1, -0.05) is 6.07 Å². The average Bonchev–Trinajstić information content (AvgIpc) is 3.05. The normalized spacial score (nSPS) is 16.0. The molecule has 1 saturated heterocycles. The van der Waals surface area contributed by atoms with Crippen LogP contribution in [0.25, 0.3) is 0 Å². The summed E-state index contributed by atoms with van der Waals surface area (Å²) in [6.07, 6.45) is 7.11. The van der Waals surface area contributed by atoms with E-state index in [0.29, 0.717) is 12.3 Å². The minimum atomic E-state index is 0.136. The maximum atomic E-state index is 12.0. The molecule has 1 fully saturated rings. The Balaban J connectivity index is 1.31. The average molecular weight is 341 g/mol. The molecule has 2 aromatic heterocycles. The first-order chi connectivity index (χ1) is 12.2. The molecule has 1 aliphatic rings. The van der Waals surface area contributed by atoms with Crippen molar-refractivity contribution in [1.29, 1.82) is 0 Å². The Morgan fingerprint density at radius 1 is 1.32 bits per heavy atom. The minimum absolute atomic E-state index is 0.136. The van der Waals surface area contributed by atoms with Crippen LogP contribution in [0.15, 0.2) is 41.1 Å². The molecule has 0 aliphatic carbocycles. The highest BCUT2D eigenvalue weighted by molar-refractivity contribution is 5.76. The van der Waals surface area contributed by atoms with Crippen molar-refractivity contribution in [3.63, 3.8) is 0 Å². The number of carbonyl (C=O) groups is 1. The number of amides is 1. The lowest BCUT2D eigenvalue weighted by Crippen LogP contribution is -2.38. The van der Waals surface area contributed by atoms with E-state index in [4.69, 9.17) is 4.42 Å². The van der Waals surface area contributed by atoms with Crippen LogP contribution in [0.5, 0.6) is 0 Å². The molecule has 0 radical (unpaired) electrons. The first-order valence-electron chi connectivity index (χ1n) is 9.12. The van der Waals surface area contributed by atoms with Crippen molar-refractivity contribution in [3.8, 4) is 0 Å². The highest BCUT2D eigenvalue weighted by atomic mass is 16.3. The summed E-state index contributed by atoms with van der Waals surface area (Å²) in [4.78, 5) is 18.5. The van der Waals surface area contributed by atoms with E-state index in [-0.39, 0.29) is 5.91 Å². The van der Waals surface area contributed by atoms with Gasteiger partial charge >= 0.3 is 0 Å². The molecule has 5 heteroatoms. The molecular formula is C20H27N3O2. The number of nitrogens with zero attached hydrogens (tertiary/aromatic N) is 2. The second-order valence-corrected chi connectivity index (χ2v) is 6.90. The number of likely N-dealkylation sites (tertiary alicyclic amines) is 1. The van der Waals surface area contributed by atoms with Crippen LogP contribution >= 0.6 is 0 Å². The Hall–Kier alpha value is -2.14. The molecule has 0 spiro atoms. The monoisotopic (exact) mass is 341 g/mol. The fraction of sp³-hybridized carbons (Fsp3) is 0.500. The summed E-state index contributed by atoms with van der Waals surface area (Å²) in [5, 5.41) is 3.09. The molecule has 1 aliphatic heterocycles. The van der Waals surface area contributed by atoms with Crippen molar-refractivity contribution >= 4 is 5.91 Å². The molecule has 5 nitrogen and oxygen atoms in total. The van der Waals surface area contributed by atoms with Gasteiger partial charge in [0, 0.05) is 25.4 Å². The van der Waals surface area contributed by atoms with E-state index in [0.717, 1.165) is 62.5 Å². The molecule has 2 aromatic rings. The van der Waals surface area contributed by atoms with Crippen molar-refractivity contribution in [2.24, 2.45) is 5.92 Å². The lowest BCUT2D eigenvalue weighted by atomic mass is 9.96. The first kappa shape index (κ1) is 17.7. The molecule has 134 valence electrons. The van der Waals surface area contributed by atoms with Crippen molar-refractivity contribution in [1.82, 2.24) is 15.2 Å². The Morgan fingerprint density at radius 2 is 2.16 bits per heavy atom. The van der Waals surface area contributed by atoms with Gasteiger partial charge in [-0.05, 0) is 69.0 Å². The van der Waals surface area contributed by atoms with Gasteiger partial charge in [0.25, 0.3) is 0 Å². The molecule has 25 heavy (non-hydrogen) atoms. The molecule has 0 saturated carbocycles. The highest BCUT2D eigenvalue weighted by Gasteiger charge is 2.20. The number of furan rings is 1. The predicted octanol–water partition coefficient (Wildman–Crippen LogP) is 2.94. The number of aromatic nitrogens is 1. The zero-order chi connectivity index (χ0) is 17.5. The van der Waals surface area contributed by atoms with Gasteiger partial charge < -0.3 is 9.73 Å². The fourth-order valence-electron chi connectivity index (χ4n) is 3.29. The number of pyridine rings is 1. The SMILES string of the molecule is Cc1ccc(CN2CCC(CNC(=O)CCc3cccnc3)CC2)o1. The van der Waals surface area contributed by atoms with Gasteiger partial charge in [-0.2, -0.15) is 0 Å². The number of nitrogens with one attached hydrogen (secondary N) is 1. The fourth-order valence-corrected chi connectivity index (χ4v) is 3.29. The largest absolute Gasteiger partial charge is 0.465 e. The van der Waals surface area contributed by atoms with Gasteiger partial charge in [-0.15, -0.1) is 0 Å². The third-order valence-electron chi connectivity index (χ3n) is 4.83. The van der Waals surface area contributed by atoms with E-state index in [1.165, 1.54) is 0 Å². The maximum absolute atomic E-state index is 12.0. The number of rotatable bonds is 7. The molecule has 3 heterocycles. The van der Waals surface area contributed by atoms with Crippen LogP contribution in [-0.2, 0) is 17.8 Å². The van der Waals surface area contributed by atoms with E-state index in [9.17, 15) is 4.79 Å².